The molecule has 0 fully saturated rings. The second-order valence-electron chi connectivity index (χ2n) is 6.78. The van der Waals surface area contributed by atoms with Crippen LogP contribution in [0.2, 0.25) is 5.02 Å². The van der Waals surface area contributed by atoms with Crippen molar-refractivity contribution >= 4 is 45.9 Å². The maximum Gasteiger partial charge on any atom is 0.356 e. The summed E-state index contributed by atoms with van der Waals surface area (Å²) in [4.78, 5) is 29.5. The topological polar surface area (TPSA) is 98.4 Å². The fourth-order valence-corrected chi connectivity index (χ4v) is 3.38. The van der Waals surface area contributed by atoms with Gasteiger partial charge in [-0.25, -0.2) is 9.78 Å². The molecule has 1 aromatic carbocycles. The maximum absolute atomic E-state index is 12.6. The van der Waals surface area contributed by atoms with Crippen LogP contribution < -0.4 is 10.6 Å². The number of carbonyl (C=O) groups is 2. The van der Waals surface area contributed by atoms with E-state index in [9.17, 15) is 9.59 Å². The van der Waals surface area contributed by atoms with E-state index in [2.05, 4.69) is 15.6 Å². The minimum atomic E-state index is -0.592. The summed E-state index contributed by atoms with van der Waals surface area (Å²) in [5, 5.41) is 7.31. The first-order valence-electron chi connectivity index (χ1n) is 9.38. The van der Waals surface area contributed by atoms with Crippen LogP contribution in [0.15, 0.2) is 59.3 Å². The number of nitrogens with zero attached hydrogens (tertiary/aromatic N) is 2. The monoisotopic (exact) mass is 438 g/mol. The van der Waals surface area contributed by atoms with E-state index in [0.29, 0.717) is 28.3 Å². The molecule has 4 aromatic rings. The van der Waals surface area contributed by atoms with Gasteiger partial charge in [0.2, 0.25) is 0 Å². The molecule has 4 rings (SSSR count). The number of hydrogen-bond acceptors (Lipinski definition) is 6. The van der Waals surface area contributed by atoms with Gasteiger partial charge >= 0.3 is 5.97 Å². The van der Waals surface area contributed by atoms with Crippen molar-refractivity contribution in [3.63, 3.8) is 0 Å². The third-order valence-corrected chi connectivity index (χ3v) is 5.05. The molecule has 2 N–H and O–H groups in total. The number of anilines is 2. The zero-order chi connectivity index (χ0) is 22.0. The van der Waals surface area contributed by atoms with E-state index < -0.39 is 11.9 Å². The van der Waals surface area contributed by atoms with Crippen molar-refractivity contribution in [2.75, 3.05) is 17.7 Å². The van der Waals surface area contributed by atoms with Crippen LogP contribution in [0.4, 0.5) is 11.4 Å². The Kier molecular flexibility index (Phi) is 5.64. The van der Waals surface area contributed by atoms with Gasteiger partial charge in [-0.05, 0) is 35.9 Å². The van der Waals surface area contributed by atoms with Crippen molar-refractivity contribution in [1.82, 2.24) is 9.55 Å². The molecule has 0 saturated heterocycles. The van der Waals surface area contributed by atoms with Gasteiger partial charge in [-0.3, -0.25) is 4.79 Å². The molecular weight excluding hydrogens is 420 g/mol. The first-order chi connectivity index (χ1) is 15.0. The van der Waals surface area contributed by atoms with Gasteiger partial charge in [-0.2, -0.15) is 0 Å². The Bertz CT molecular complexity index is 1250. The minimum Gasteiger partial charge on any atom is -0.464 e. The van der Waals surface area contributed by atoms with Crippen molar-refractivity contribution < 1.29 is 18.7 Å². The lowest BCUT2D eigenvalue weighted by Crippen LogP contribution is -2.16. The van der Waals surface area contributed by atoms with E-state index in [1.165, 1.54) is 19.4 Å². The third kappa shape index (κ3) is 4.10. The average Bonchev–Trinajstić information content (AvgIpc) is 3.40. The molecule has 3 heterocycles. The smallest absolute Gasteiger partial charge is 0.356 e. The molecule has 0 radical (unpaired) electrons. The van der Waals surface area contributed by atoms with Crippen LogP contribution in [-0.2, 0) is 18.3 Å². The molecule has 0 aliphatic rings. The van der Waals surface area contributed by atoms with E-state index in [0.717, 1.165) is 11.3 Å². The molecular formula is C22H19ClN4O4. The van der Waals surface area contributed by atoms with E-state index in [4.69, 9.17) is 20.8 Å². The van der Waals surface area contributed by atoms with Crippen molar-refractivity contribution in [1.29, 1.82) is 0 Å². The van der Waals surface area contributed by atoms with Crippen LogP contribution in [0.3, 0.4) is 0 Å². The molecule has 3 aromatic heterocycles. The standard InChI is InChI=1S/C22H19ClN4O4/c1-27-19(22(29)30-2)18(26-21(28)17-4-3-9-31-17)16-10-15(12-25-20(16)27)24-11-13-5-7-14(23)8-6-13/h3-10,12,24H,11H2,1-2H3,(H,26,28). The molecule has 0 aliphatic carbocycles. The number of hydrogen-bond donors (Lipinski definition) is 2. The van der Waals surface area contributed by atoms with Crippen LogP contribution in [0, 0.1) is 0 Å². The summed E-state index contributed by atoms with van der Waals surface area (Å²) >= 11 is 5.93. The Morgan fingerprint density at radius 2 is 2.00 bits per heavy atom. The fourth-order valence-electron chi connectivity index (χ4n) is 3.26. The number of ether oxygens (including phenoxy) is 1. The molecule has 0 bridgehead atoms. The van der Waals surface area contributed by atoms with E-state index in [1.807, 2.05) is 30.3 Å². The van der Waals surface area contributed by atoms with Gasteiger partial charge in [0, 0.05) is 24.0 Å². The lowest BCUT2D eigenvalue weighted by molar-refractivity contribution is 0.0591. The highest BCUT2D eigenvalue weighted by Crippen LogP contribution is 2.32. The highest BCUT2D eigenvalue weighted by molar-refractivity contribution is 6.30. The van der Waals surface area contributed by atoms with Crippen molar-refractivity contribution in [2.24, 2.45) is 7.05 Å². The molecule has 0 saturated carbocycles. The first kappa shape index (κ1) is 20.5. The van der Waals surface area contributed by atoms with Crippen LogP contribution >= 0.6 is 11.6 Å². The summed E-state index contributed by atoms with van der Waals surface area (Å²) < 4.78 is 11.7. The van der Waals surface area contributed by atoms with Gasteiger partial charge in [-0.15, -0.1) is 0 Å². The molecule has 1 amide bonds. The van der Waals surface area contributed by atoms with Gasteiger partial charge in [0.25, 0.3) is 5.91 Å². The zero-order valence-corrected chi connectivity index (χ0v) is 17.6. The lowest BCUT2D eigenvalue weighted by Gasteiger charge is -2.08. The van der Waals surface area contributed by atoms with Gasteiger partial charge in [0.15, 0.2) is 11.5 Å². The molecule has 0 atom stereocenters. The second kappa shape index (κ2) is 8.53. The number of aromatic nitrogens is 2. The van der Waals surface area contributed by atoms with Gasteiger partial charge in [0.05, 0.1) is 30.9 Å². The number of carbonyl (C=O) groups excluding carboxylic acids is 2. The number of esters is 1. The Hall–Kier alpha value is -3.78. The van der Waals surface area contributed by atoms with Gasteiger partial charge < -0.3 is 24.4 Å². The Morgan fingerprint density at radius 1 is 1.23 bits per heavy atom. The highest BCUT2D eigenvalue weighted by atomic mass is 35.5. The molecule has 158 valence electrons. The number of nitrogens with one attached hydrogen (secondary N) is 2. The molecule has 9 heteroatoms. The number of benzene rings is 1. The number of methoxy groups -OCH3 is 1. The van der Waals surface area contributed by atoms with Crippen molar-refractivity contribution in [3.05, 3.63) is 77.0 Å². The number of rotatable bonds is 6. The number of aryl methyl sites for hydroxylation is 1. The largest absolute Gasteiger partial charge is 0.464 e. The normalized spacial score (nSPS) is 10.8. The van der Waals surface area contributed by atoms with E-state index >= 15 is 0 Å². The molecule has 8 nitrogen and oxygen atoms in total. The van der Waals surface area contributed by atoms with Crippen LogP contribution in [0.25, 0.3) is 11.0 Å². The SMILES string of the molecule is COC(=O)c1c(NC(=O)c2ccco2)c2cc(NCc3ccc(Cl)cc3)cnc2n1C. The summed E-state index contributed by atoms with van der Waals surface area (Å²) in [6.45, 7) is 0.551. The Labute approximate surface area is 182 Å². The number of furan rings is 1. The number of halogens is 1. The zero-order valence-electron chi connectivity index (χ0n) is 16.8. The number of pyridine rings is 1. The quantitative estimate of drug-likeness (QED) is 0.431. The maximum atomic E-state index is 12.6. The lowest BCUT2D eigenvalue weighted by atomic mass is 10.2. The van der Waals surface area contributed by atoms with Crippen LogP contribution in [0.1, 0.15) is 26.6 Å². The minimum absolute atomic E-state index is 0.123. The van der Waals surface area contributed by atoms with Gasteiger partial charge in [0.1, 0.15) is 5.65 Å². The predicted molar refractivity (Wildman–Crippen MR) is 117 cm³/mol. The molecule has 0 unspecified atom stereocenters. The number of fused-ring (bicyclic) bond motifs is 1. The summed E-state index contributed by atoms with van der Waals surface area (Å²) in [6, 6.07) is 12.5. The van der Waals surface area contributed by atoms with Crippen molar-refractivity contribution in [2.45, 2.75) is 6.54 Å². The first-order valence-corrected chi connectivity index (χ1v) is 9.75. The average molecular weight is 439 g/mol. The van der Waals surface area contributed by atoms with E-state index in [-0.39, 0.29) is 11.5 Å². The fraction of sp³-hybridized carbons (Fsp3) is 0.136. The van der Waals surface area contributed by atoms with Crippen LogP contribution in [-0.4, -0.2) is 28.5 Å². The summed E-state index contributed by atoms with van der Waals surface area (Å²) in [5.41, 5.74) is 2.76. The number of amides is 1. The molecule has 0 spiro atoms. The summed E-state index contributed by atoms with van der Waals surface area (Å²) in [7, 11) is 2.97. The molecule has 31 heavy (non-hydrogen) atoms. The van der Waals surface area contributed by atoms with E-state index in [1.54, 1.807) is 23.9 Å². The summed E-state index contributed by atoms with van der Waals surface area (Å²) in [6.07, 6.45) is 3.07. The highest BCUT2D eigenvalue weighted by Gasteiger charge is 2.25. The second-order valence-corrected chi connectivity index (χ2v) is 7.22. The van der Waals surface area contributed by atoms with Crippen LogP contribution in [0.5, 0.6) is 0 Å². The molecule has 0 aliphatic heterocycles. The van der Waals surface area contributed by atoms with Gasteiger partial charge in [-0.1, -0.05) is 23.7 Å². The Morgan fingerprint density at radius 3 is 2.68 bits per heavy atom. The summed E-state index contributed by atoms with van der Waals surface area (Å²) in [5.74, 6) is -0.953. The Balaban J connectivity index is 1.71. The third-order valence-electron chi connectivity index (χ3n) is 4.80. The van der Waals surface area contributed by atoms with Crippen molar-refractivity contribution in [3.8, 4) is 0 Å². The predicted octanol–water partition coefficient (Wildman–Crippen LogP) is 4.47.